The van der Waals surface area contributed by atoms with E-state index in [0.29, 0.717) is 6.54 Å². The number of nitro benzene ring substituents is 1. The standard InChI is InChI=1S/C14H16N2O5/c1-9-4-2-3-5-15(9)13(17)10-6-11(14(18)19)8-12(7-10)16(20)21/h6-9H,2-5H2,1H3,(H,18,19). The molecular weight excluding hydrogens is 276 g/mol. The van der Waals surface area contributed by atoms with Crippen LogP contribution in [-0.4, -0.2) is 39.4 Å². The quantitative estimate of drug-likeness (QED) is 0.680. The number of hydrogen-bond acceptors (Lipinski definition) is 4. The van der Waals surface area contributed by atoms with E-state index in [2.05, 4.69) is 0 Å². The van der Waals surface area contributed by atoms with Crippen molar-refractivity contribution in [1.82, 2.24) is 4.90 Å². The Balaban J connectivity index is 2.39. The number of hydrogen-bond donors (Lipinski definition) is 1. The molecule has 0 aliphatic carbocycles. The maximum atomic E-state index is 12.5. The van der Waals surface area contributed by atoms with Crippen LogP contribution in [0.5, 0.6) is 0 Å². The van der Waals surface area contributed by atoms with Crippen molar-refractivity contribution in [3.05, 3.63) is 39.4 Å². The lowest BCUT2D eigenvalue weighted by Crippen LogP contribution is -2.42. The van der Waals surface area contributed by atoms with Gasteiger partial charge in [0.25, 0.3) is 11.6 Å². The monoisotopic (exact) mass is 292 g/mol. The molecule has 0 spiro atoms. The normalized spacial score (nSPS) is 18.3. The minimum absolute atomic E-state index is 0.0513. The van der Waals surface area contributed by atoms with Crippen LogP contribution in [0, 0.1) is 10.1 Å². The van der Waals surface area contributed by atoms with Crippen LogP contribution in [0.15, 0.2) is 18.2 Å². The Bertz CT molecular complexity index is 567. The van der Waals surface area contributed by atoms with Crippen molar-refractivity contribution in [1.29, 1.82) is 0 Å². The minimum Gasteiger partial charge on any atom is -0.478 e. The SMILES string of the molecule is CC1CCCCN1C(=O)c1cc(C(=O)O)cc([N+](=O)[O-])c1. The summed E-state index contributed by atoms with van der Waals surface area (Å²) >= 11 is 0. The number of aromatic carboxylic acids is 1. The first-order valence-corrected chi connectivity index (χ1v) is 6.74. The zero-order valence-electron chi connectivity index (χ0n) is 11.6. The van der Waals surface area contributed by atoms with Crippen LogP contribution in [0.1, 0.15) is 46.9 Å². The maximum absolute atomic E-state index is 12.5. The first-order valence-electron chi connectivity index (χ1n) is 6.74. The van der Waals surface area contributed by atoms with Crippen LogP contribution in [0.4, 0.5) is 5.69 Å². The molecule has 1 aliphatic rings. The molecule has 21 heavy (non-hydrogen) atoms. The molecule has 1 atom stereocenters. The third kappa shape index (κ3) is 3.18. The number of carboxylic acid groups (broad SMARTS) is 1. The molecule has 1 unspecified atom stereocenters. The second kappa shape index (κ2) is 5.90. The fourth-order valence-electron chi connectivity index (χ4n) is 2.53. The van der Waals surface area contributed by atoms with E-state index >= 15 is 0 Å². The fraction of sp³-hybridized carbons (Fsp3) is 0.429. The van der Waals surface area contributed by atoms with Crippen molar-refractivity contribution < 1.29 is 19.6 Å². The Morgan fingerprint density at radius 1 is 1.29 bits per heavy atom. The number of amides is 1. The molecule has 1 aliphatic heterocycles. The van der Waals surface area contributed by atoms with Gasteiger partial charge in [0.05, 0.1) is 10.5 Å². The average Bonchev–Trinajstić information content (AvgIpc) is 2.46. The van der Waals surface area contributed by atoms with Crippen molar-refractivity contribution in [3.8, 4) is 0 Å². The number of benzene rings is 1. The highest BCUT2D eigenvalue weighted by Gasteiger charge is 2.26. The lowest BCUT2D eigenvalue weighted by molar-refractivity contribution is -0.384. The van der Waals surface area contributed by atoms with Crippen LogP contribution in [0.3, 0.4) is 0 Å². The third-order valence-corrected chi connectivity index (χ3v) is 3.69. The molecule has 1 saturated heterocycles. The van der Waals surface area contributed by atoms with Crippen molar-refractivity contribution in [2.75, 3.05) is 6.54 Å². The number of piperidine rings is 1. The van der Waals surface area contributed by atoms with Gasteiger partial charge in [-0.2, -0.15) is 0 Å². The molecule has 7 heteroatoms. The zero-order chi connectivity index (χ0) is 15.6. The van der Waals surface area contributed by atoms with Gasteiger partial charge in [0.2, 0.25) is 0 Å². The van der Waals surface area contributed by atoms with Crippen LogP contribution >= 0.6 is 0 Å². The smallest absolute Gasteiger partial charge is 0.335 e. The van der Waals surface area contributed by atoms with E-state index in [1.807, 2.05) is 6.92 Å². The molecule has 0 radical (unpaired) electrons. The van der Waals surface area contributed by atoms with Crippen molar-refractivity contribution in [2.45, 2.75) is 32.2 Å². The molecule has 1 aromatic carbocycles. The van der Waals surface area contributed by atoms with Gasteiger partial charge in [-0.25, -0.2) is 4.79 Å². The molecular formula is C14H16N2O5. The first kappa shape index (κ1) is 15.0. The molecule has 1 aromatic rings. The van der Waals surface area contributed by atoms with E-state index in [1.165, 1.54) is 6.07 Å². The molecule has 2 rings (SSSR count). The lowest BCUT2D eigenvalue weighted by atomic mass is 10.0. The molecule has 0 saturated carbocycles. The van der Waals surface area contributed by atoms with Gasteiger partial charge in [-0.05, 0) is 32.3 Å². The van der Waals surface area contributed by atoms with E-state index in [1.54, 1.807) is 4.90 Å². The number of nitro groups is 1. The Hall–Kier alpha value is -2.44. The van der Waals surface area contributed by atoms with E-state index in [0.717, 1.165) is 31.4 Å². The largest absolute Gasteiger partial charge is 0.478 e. The Morgan fingerprint density at radius 3 is 2.52 bits per heavy atom. The van der Waals surface area contributed by atoms with Gasteiger partial charge in [-0.1, -0.05) is 0 Å². The Kier molecular flexibility index (Phi) is 4.21. The summed E-state index contributed by atoms with van der Waals surface area (Å²) in [7, 11) is 0. The second-order valence-corrected chi connectivity index (χ2v) is 5.17. The molecule has 0 bridgehead atoms. The van der Waals surface area contributed by atoms with Crippen molar-refractivity contribution in [3.63, 3.8) is 0 Å². The number of likely N-dealkylation sites (tertiary alicyclic amines) is 1. The van der Waals surface area contributed by atoms with Gasteiger partial charge >= 0.3 is 5.97 Å². The third-order valence-electron chi connectivity index (χ3n) is 3.69. The topological polar surface area (TPSA) is 101 Å². The maximum Gasteiger partial charge on any atom is 0.335 e. The van der Waals surface area contributed by atoms with E-state index in [4.69, 9.17) is 5.11 Å². The van der Waals surface area contributed by atoms with Crippen molar-refractivity contribution >= 4 is 17.6 Å². The zero-order valence-corrected chi connectivity index (χ0v) is 11.6. The van der Waals surface area contributed by atoms with Crippen LogP contribution in [0.2, 0.25) is 0 Å². The predicted octanol–water partition coefficient (Wildman–Crippen LogP) is 2.31. The molecule has 0 aromatic heterocycles. The molecule has 1 amide bonds. The summed E-state index contributed by atoms with van der Waals surface area (Å²) in [6.07, 6.45) is 2.81. The molecule has 1 fully saturated rings. The predicted molar refractivity (Wildman–Crippen MR) is 74.4 cm³/mol. The number of carboxylic acids is 1. The minimum atomic E-state index is -1.29. The summed E-state index contributed by atoms with van der Waals surface area (Å²) in [5.74, 6) is -1.65. The summed E-state index contributed by atoms with van der Waals surface area (Å²) in [4.78, 5) is 35.3. The summed E-state index contributed by atoms with van der Waals surface area (Å²) < 4.78 is 0. The summed E-state index contributed by atoms with van der Waals surface area (Å²) in [5, 5.41) is 19.9. The highest BCUT2D eigenvalue weighted by Crippen LogP contribution is 2.23. The number of non-ortho nitro benzene ring substituents is 1. The van der Waals surface area contributed by atoms with Gasteiger partial charge < -0.3 is 10.0 Å². The highest BCUT2D eigenvalue weighted by molar-refractivity contribution is 5.98. The molecule has 1 heterocycles. The van der Waals surface area contributed by atoms with E-state index in [9.17, 15) is 19.7 Å². The lowest BCUT2D eigenvalue weighted by Gasteiger charge is -2.33. The summed E-state index contributed by atoms with van der Waals surface area (Å²) in [6, 6.07) is 3.34. The van der Waals surface area contributed by atoms with Crippen LogP contribution in [0.25, 0.3) is 0 Å². The number of carbonyl (C=O) groups excluding carboxylic acids is 1. The van der Waals surface area contributed by atoms with Gasteiger partial charge in [-0.3, -0.25) is 14.9 Å². The van der Waals surface area contributed by atoms with Crippen LogP contribution in [-0.2, 0) is 0 Å². The van der Waals surface area contributed by atoms with E-state index < -0.39 is 10.9 Å². The Labute approximate surface area is 121 Å². The first-order chi connectivity index (χ1) is 9.90. The van der Waals surface area contributed by atoms with E-state index in [-0.39, 0.29) is 28.8 Å². The average molecular weight is 292 g/mol. The molecule has 1 N–H and O–H groups in total. The second-order valence-electron chi connectivity index (χ2n) is 5.17. The summed E-state index contributed by atoms with van der Waals surface area (Å²) in [6.45, 7) is 2.51. The summed E-state index contributed by atoms with van der Waals surface area (Å²) in [5.41, 5.74) is -0.588. The number of carbonyl (C=O) groups is 2. The molecule has 7 nitrogen and oxygen atoms in total. The van der Waals surface area contributed by atoms with Gasteiger partial charge in [0.15, 0.2) is 0 Å². The molecule has 112 valence electrons. The fourth-order valence-corrected chi connectivity index (χ4v) is 2.53. The van der Waals surface area contributed by atoms with Gasteiger partial charge in [0, 0.05) is 30.3 Å². The Morgan fingerprint density at radius 2 is 1.95 bits per heavy atom. The van der Waals surface area contributed by atoms with Gasteiger partial charge in [0.1, 0.15) is 0 Å². The number of nitrogens with zero attached hydrogens (tertiary/aromatic N) is 2. The van der Waals surface area contributed by atoms with Gasteiger partial charge in [-0.15, -0.1) is 0 Å². The van der Waals surface area contributed by atoms with Crippen molar-refractivity contribution in [2.24, 2.45) is 0 Å². The number of rotatable bonds is 3. The van der Waals surface area contributed by atoms with Crippen LogP contribution < -0.4 is 0 Å². The highest BCUT2D eigenvalue weighted by atomic mass is 16.6.